The maximum atomic E-state index is 11.8. The van der Waals surface area contributed by atoms with Gasteiger partial charge in [-0.25, -0.2) is 0 Å². The third-order valence-corrected chi connectivity index (χ3v) is 3.52. The molecule has 0 atom stereocenters. The summed E-state index contributed by atoms with van der Waals surface area (Å²) < 4.78 is 28.6. The molecule has 0 heterocycles. The van der Waals surface area contributed by atoms with Crippen molar-refractivity contribution in [2.24, 2.45) is 5.92 Å². The molecule has 1 aromatic rings. The zero-order chi connectivity index (χ0) is 15.2. The van der Waals surface area contributed by atoms with Crippen LogP contribution in [0, 0.1) is 24.7 Å². The van der Waals surface area contributed by atoms with Crippen LogP contribution in [-0.4, -0.2) is 26.7 Å². The Balaban J connectivity index is 2.88. The Hall–Kier alpha value is -1.55. The molecule has 0 saturated heterocycles. The van der Waals surface area contributed by atoms with E-state index >= 15 is 0 Å². The topological polar surface area (TPSA) is 78.4 Å². The Bertz CT molecular complexity index is 613. The van der Waals surface area contributed by atoms with E-state index in [9.17, 15) is 8.42 Å². The summed E-state index contributed by atoms with van der Waals surface area (Å²) in [4.78, 5) is 0. The van der Waals surface area contributed by atoms with Gasteiger partial charge >= 0.3 is 0 Å². The average Bonchev–Trinajstić information content (AvgIpc) is 2.37. The number of aliphatic hydroxyl groups excluding tert-OH is 1. The molecule has 0 fully saturated rings. The third kappa shape index (κ3) is 5.61. The molecule has 3 N–H and O–H groups in total. The van der Waals surface area contributed by atoms with E-state index in [0.717, 1.165) is 5.56 Å². The van der Waals surface area contributed by atoms with Crippen LogP contribution in [0.2, 0.25) is 0 Å². The number of aryl methyl sites for hydroxylation is 1. The van der Waals surface area contributed by atoms with Crippen LogP contribution in [0.3, 0.4) is 0 Å². The maximum Gasteiger partial charge on any atom is 0.299 e. The quantitative estimate of drug-likeness (QED) is 0.715. The number of anilines is 1. The average molecular weight is 296 g/mol. The van der Waals surface area contributed by atoms with Crippen molar-refractivity contribution >= 4 is 15.9 Å². The Labute approximate surface area is 120 Å². The number of nitrogens with one attached hydrogen (secondary N) is 2. The second-order valence-corrected chi connectivity index (χ2v) is 6.34. The van der Waals surface area contributed by atoms with Crippen molar-refractivity contribution in [3.63, 3.8) is 0 Å². The van der Waals surface area contributed by atoms with E-state index in [1.54, 1.807) is 18.2 Å². The predicted octanol–water partition coefficient (Wildman–Crippen LogP) is 1.24. The Morgan fingerprint density at radius 3 is 2.65 bits per heavy atom. The van der Waals surface area contributed by atoms with Gasteiger partial charge in [0.25, 0.3) is 10.2 Å². The zero-order valence-electron chi connectivity index (χ0n) is 11.9. The molecular formula is C14H20N2O3S. The van der Waals surface area contributed by atoms with Crippen molar-refractivity contribution in [1.82, 2.24) is 4.72 Å². The SMILES string of the molecule is Cc1ccc(NS(=O)(=O)NCC(C)C)cc1C#CCO. The number of hydrogen-bond acceptors (Lipinski definition) is 3. The van der Waals surface area contributed by atoms with E-state index in [0.29, 0.717) is 17.8 Å². The molecule has 1 aromatic carbocycles. The summed E-state index contributed by atoms with van der Waals surface area (Å²) in [6, 6.07) is 5.10. The highest BCUT2D eigenvalue weighted by Gasteiger charge is 2.10. The highest BCUT2D eigenvalue weighted by atomic mass is 32.2. The lowest BCUT2D eigenvalue weighted by atomic mass is 10.1. The first-order valence-corrected chi connectivity index (χ1v) is 7.80. The molecule has 0 unspecified atom stereocenters. The van der Waals surface area contributed by atoms with Crippen LogP contribution >= 0.6 is 0 Å². The number of benzene rings is 1. The van der Waals surface area contributed by atoms with Crippen molar-refractivity contribution in [2.75, 3.05) is 17.9 Å². The van der Waals surface area contributed by atoms with Gasteiger partial charge in [-0.1, -0.05) is 31.8 Å². The lowest BCUT2D eigenvalue weighted by Gasteiger charge is -2.11. The molecule has 0 aliphatic carbocycles. The Morgan fingerprint density at radius 1 is 1.35 bits per heavy atom. The van der Waals surface area contributed by atoms with Gasteiger partial charge in [0.15, 0.2) is 0 Å². The Morgan fingerprint density at radius 2 is 2.05 bits per heavy atom. The fourth-order valence-corrected chi connectivity index (χ4v) is 2.48. The smallest absolute Gasteiger partial charge is 0.299 e. The number of aliphatic hydroxyl groups is 1. The first-order valence-electron chi connectivity index (χ1n) is 6.32. The van der Waals surface area contributed by atoms with Gasteiger partial charge in [0, 0.05) is 12.1 Å². The van der Waals surface area contributed by atoms with Crippen LogP contribution in [-0.2, 0) is 10.2 Å². The molecule has 0 amide bonds. The first kappa shape index (κ1) is 16.5. The summed E-state index contributed by atoms with van der Waals surface area (Å²) >= 11 is 0. The summed E-state index contributed by atoms with van der Waals surface area (Å²) in [5.41, 5.74) is 2.04. The molecule has 0 aliphatic rings. The summed E-state index contributed by atoms with van der Waals surface area (Å²) in [6.07, 6.45) is 0. The molecule has 20 heavy (non-hydrogen) atoms. The Kier molecular flexibility index (Phi) is 6.02. The minimum absolute atomic E-state index is 0.231. The standard InChI is InChI=1S/C14H20N2O3S/c1-11(2)10-15-20(18,19)16-14-7-6-12(3)13(9-14)5-4-8-17/h6-7,9,11,15-17H,8,10H2,1-3H3. The van der Waals surface area contributed by atoms with Gasteiger partial charge in [-0.05, 0) is 30.5 Å². The van der Waals surface area contributed by atoms with E-state index in [2.05, 4.69) is 21.3 Å². The second-order valence-electron chi connectivity index (χ2n) is 4.84. The van der Waals surface area contributed by atoms with E-state index in [4.69, 9.17) is 5.11 Å². The minimum atomic E-state index is -3.58. The highest BCUT2D eigenvalue weighted by molar-refractivity contribution is 7.90. The molecular weight excluding hydrogens is 276 g/mol. The van der Waals surface area contributed by atoms with Crippen LogP contribution in [0.15, 0.2) is 18.2 Å². The van der Waals surface area contributed by atoms with Crippen molar-refractivity contribution < 1.29 is 13.5 Å². The monoisotopic (exact) mass is 296 g/mol. The summed E-state index contributed by atoms with van der Waals surface area (Å²) in [5.74, 6) is 5.56. The van der Waals surface area contributed by atoms with Crippen LogP contribution in [0.5, 0.6) is 0 Å². The predicted molar refractivity (Wildman–Crippen MR) is 80.5 cm³/mol. The fourth-order valence-electron chi connectivity index (χ4n) is 1.42. The van der Waals surface area contributed by atoms with Gasteiger partial charge in [0.05, 0.1) is 5.69 Å². The van der Waals surface area contributed by atoms with Crippen molar-refractivity contribution in [1.29, 1.82) is 0 Å². The molecule has 0 saturated carbocycles. The molecule has 6 heteroatoms. The summed E-state index contributed by atoms with van der Waals surface area (Å²) in [6.45, 7) is 5.87. The zero-order valence-corrected chi connectivity index (χ0v) is 12.7. The lowest BCUT2D eigenvalue weighted by Crippen LogP contribution is -2.32. The van der Waals surface area contributed by atoms with Gasteiger partial charge in [-0.2, -0.15) is 13.1 Å². The van der Waals surface area contributed by atoms with E-state index < -0.39 is 10.2 Å². The van der Waals surface area contributed by atoms with Gasteiger partial charge < -0.3 is 5.11 Å². The summed E-state index contributed by atoms with van der Waals surface area (Å²) in [5, 5.41) is 8.70. The number of rotatable bonds is 5. The number of hydrogen-bond donors (Lipinski definition) is 3. The molecule has 0 spiro atoms. The minimum Gasteiger partial charge on any atom is -0.384 e. The maximum absolute atomic E-state index is 11.8. The lowest BCUT2D eigenvalue weighted by molar-refractivity contribution is 0.350. The van der Waals surface area contributed by atoms with Crippen molar-refractivity contribution in [3.8, 4) is 11.8 Å². The van der Waals surface area contributed by atoms with E-state index in [-0.39, 0.29) is 12.5 Å². The molecule has 5 nitrogen and oxygen atoms in total. The van der Waals surface area contributed by atoms with Crippen molar-refractivity contribution in [3.05, 3.63) is 29.3 Å². The van der Waals surface area contributed by atoms with Gasteiger partial charge in [-0.15, -0.1) is 0 Å². The van der Waals surface area contributed by atoms with E-state index in [1.807, 2.05) is 20.8 Å². The summed E-state index contributed by atoms with van der Waals surface area (Å²) in [7, 11) is -3.58. The van der Waals surface area contributed by atoms with Gasteiger partial charge in [0.1, 0.15) is 6.61 Å². The van der Waals surface area contributed by atoms with Crippen LogP contribution in [0.25, 0.3) is 0 Å². The second kappa shape index (κ2) is 7.29. The first-order chi connectivity index (χ1) is 9.34. The van der Waals surface area contributed by atoms with Crippen LogP contribution < -0.4 is 9.44 Å². The highest BCUT2D eigenvalue weighted by Crippen LogP contribution is 2.15. The van der Waals surface area contributed by atoms with Crippen LogP contribution in [0.1, 0.15) is 25.0 Å². The molecule has 0 radical (unpaired) electrons. The molecule has 110 valence electrons. The molecule has 0 aliphatic heterocycles. The van der Waals surface area contributed by atoms with Crippen LogP contribution in [0.4, 0.5) is 5.69 Å². The van der Waals surface area contributed by atoms with Gasteiger partial charge in [-0.3, -0.25) is 4.72 Å². The molecule has 0 aromatic heterocycles. The van der Waals surface area contributed by atoms with Crippen molar-refractivity contribution in [2.45, 2.75) is 20.8 Å². The molecule has 1 rings (SSSR count). The fraction of sp³-hybridized carbons (Fsp3) is 0.429. The largest absolute Gasteiger partial charge is 0.384 e. The van der Waals surface area contributed by atoms with Gasteiger partial charge in [0.2, 0.25) is 0 Å². The van der Waals surface area contributed by atoms with E-state index in [1.165, 1.54) is 0 Å². The third-order valence-electron chi connectivity index (χ3n) is 2.47. The normalized spacial score (nSPS) is 11.1. The molecule has 0 bridgehead atoms.